The van der Waals surface area contributed by atoms with Gasteiger partial charge in [-0.1, -0.05) is 19.4 Å². The molecular weight excluding hydrogens is 280 g/mol. The molecule has 1 aliphatic carbocycles. The molecule has 1 unspecified atom stereocenters. The van der Waals surface area contributed by atoms with E-state index in [2.05, 4.69) is 36.6 Å². The lowest BCUT2D eigenvalue weighted by Crippen LogP contribution is -2.19. The van der Waals surface area contributed by atoms with Gasteiger partial charge in [-0.25, -0.2) is 4.98 Å². The minimum Gasteiger partial charge on any atom is -0.324 e. The van der Waals surface area contributed by atoms with E-state index in [1.54, 1.807) is 0 Å². The van der Waals surface area contributed by atoms with Crippen LogP contribution in [0.25, 0.3) is 11.0 Å². The molecule has 1 aliphatic rings. The highest BCUT2D eigenvalue weighted by Crippen LogP contribution is 2.38. The lowest BCUT2D eigenvalue weighted by molar-refractivity contribution is 0.269. The van der Waals surface area contributed by atoms with Gasteiger partial charge in [-0.2, -0.15) is 0 Å². The second-order valence-electron chi connectivity index (χ2n) is 6.53. The van der Waals surface area contributed by atoms with E-state index in [9.17, 15) is 0 Å². The molecule has 1 aromatic carbocycles. The normalized spacial score (nSPS) is 24.4. The summed E-state index contributed by atoms with van der Waals surface area (Å²) in [6.07, 6.45) is 6.50. The molecule has 3 rings (SSSR count). The van der Waals surface area contributed by atoms with E-state index < -0.39 is 0 Å². The van der Waals surface area contributed by atoms with Gasteiger partial charge in [0, 0.05) is 6.04 Å². The molecule has 1 saturated carbocycles. The topological polar surface area (TPSA) is 17.8 Å². The van der Waals surface area contributed by atoms with E-state index in [1.165, 1.54) is 43.2 Å². The fourth-order valence-electron chi connectivity index (χ4n) is 3.70. The molecule has 0 radical (unpaired) electrons. The Hall–Kier alpha value is -1.02. The third kappa shape index (κ3) is 2.83. The minimum absolute atomic E-state index is 0.0402. The van der Waals surface area contributed by atoms with Gasteiger partial charge in [-0.05, 0) is 63.1 Å². The van der Waals surface area contributed by atoms with Crippen molar-refractivity contribution in [3.8, 4) is 0 Å². The van der Waals surface area contributed by atoms with Gasteiger partial charge in [0.25, 0.3) is 0 Å². The second kappa shape index (κ2) is 6.00. The maximum Gasteiger partial charge on any atom is 0.127 e. The third-order valence-corrected chi connectivity index (χ3v) is 5.18. The number of halogens is 1. The van der Waals surface area contributed by atoms with E-state index in [0.29, 0.717) is 6.04 Å². The molecule has 0 bridgehead atoms. The Labute approximate surface area is 132 Å². The lowest BCUT2D eigenvalue weighted by atomic mass is 9.84. The van der Waals surface area contributed by atoms with Gasteiger partial charge in [-0.15, -0.1) is 11.6 Å². The summed E-state index contributed by atoms with van der Waals surface area (Å²) in [4.78, 5) is 4.80. The Kier molecular flexibility index (Phi) is 4.26. The van der Waals surface area contributed by atoms with E-state index in [1.807, 2.05) is 6.92 Å². The Morgan fingerprint density at radius 3 is 2.62 bits per heavy atom. The molecule has 1 fully saturated rings. The molecule has 0 saturated heterocycles. The maximum atomic E-state index is 6.41. The molecule has 2 nitrogen and oxygen atoms in total. The molecule has 1 aromatic heterocycles. The zero-order chi connectivity index (χ0) is 15.0. The predicted octanol–water partition coefficient (Wildman–Crippen LogP) is 5.79. The summed E-state index contributed by atoms with van der Waals surface area (Å²) in [6.45, 7) is 6.49. The van der Waals surface area contributed by atoms with Crippen molar-refractivity contribution in [1.29, 1.82) is 0 Å². The SMILES string of the molecule is CCC1CCC(n2c(C(C)Cl)nc3ccc(C)cc32)CC1. The number of nitrogens with zero attached hydrogens (tertiary/aromatic N) is 2. The summed E-state index contributed by atoms with van der Waals surface area (Å²) in [5.74, 6) is 1.95. The van der Waals surface area contributed by atoms with Gasteiger partial charge in [-0.3, -0.25) is 0 Å². The molecule has 114 valence electrons. The number of hydrogen-bond donors (Lipinski definition) is 0. The number of aromatic nitrogens is 2. The Bertz CT molecular complexity index is 621. The third-order valence-electron chi connectivity index (χ3n) is 4.99. The number of benzene rings is 1. The number of fused-ring (bicyclic) bond motifs is 1. The number of imidazole rings is 1. The standard InChI is InChI=1S/C18H25ClN2/c1-4-14-6-8-15(9-7-14)21-17-11-12(2)5-10-16(17)20-18(21)13(3)19/h5,10-11,13-15H,4,6-9H2,1-3H3. The van der Waals surface area contributed by atoms with E-state index in [4.69, 9.17) is 16.6 Å². The van der Waals surface area contributed by atoms with Crippen LogP contribution in [-0.4, -0.2) is 9.55 Å². The molecule has 0 amide bonds. The van der Waals surface area contributed by atoms with Crippen LogP contribution in [0, 0.1) is 12.8 Å². The van der Waals surface area contributed by atoms with Crippen molar-refractivity contribution in [3.05, 3.63) is 29.6 Å². The first-order valence-electron chi connectivity index (χ1n) is 8.22. The number of rotatable bonds is 3. The van der Waals surface area contributed by atoms with Gasteiger partial charge in [0.15, 0.2) is 0 Å². The van der Waals surface area contributed by atoms with Crippen LogP contribution in [0.2, 0.25) is 0 Å². The van der Waals surface area contributed by atoms with Crippen molar-refractivity contribution in [1.82, 2.24) is 9.55 Å². The average molecular weight is 305 g/mol. The Morgan fingerprint density at radius 1 is 1.29 bits per heavy atom. The zero-order valence-electron chi connectivity index (χ0n) is 13.3. The molecule has 0 aliphatic heterocycles. The monoisotopic (exact) mass is 304 g/mol. The van der Waals surface area contributed by atoms with E-state index in [-0.39, 0.29) is 5.38 Å². The van der Waals surface area contributed by atoms with Crippen molar-refractivity contribution >= 4 is 22.6 Å². The van der Waals surface area contributed by atoms with Crippen molar-refractivity contribution in [2.45, 2.75) is 64.3 Å². The summed E-state index contributed by atoms with van der Waals surface area (Å²) >= 11 is 6.41. The van der Waals surface area contributed by atoms with Gasteiger partial charge < -0.3 is 4.57 Å². The molecule has 1 atom stereocenters. The molecule has 2 aromatic rings. The largest absolute Gasteiger partial charge is 0.324 e. The van der Waals surface area contributed by atoms with Crippen LogP contribution in [0.4, 0.5) is 0 Å². The summed E-state index contributed by atoms with van der Waals surface area (Å²) < 4.78 is 2.44. The van der Waals surface area contributed by atoms with Crippen molar-refractivity contribution in [3.63, 3.8) is 0 Å². The highest BCUT2D eigenvalue weighted by Gasteiger charge is 2.26. The molecule has 0 N–H and O–H groups in total. The van der Waals surface area contributed by atoms with Gasteiger partial charge in [0.2, 0.25) is 0 Å². The highest BCUT2D eigenvalue weighted by molar-refractivity contribution is 6.20. The average Bonchev–Trinajstić information content (AvgIpc) is 2.86. The van der Waals surface area contributed by atoms with Crippen LogP contribution in [-0.2, 0) is 0 Å². The van der Waals surface area contributed by atoms with Crippen molar-refractivity contribution in [2.24, 2.45) is 5.92 Å². The van der Waals surface area contributed by atoms with Crippen LogP contribution in [0.1, 0.15) is 68.8 Å². The van der Waals surface area contributed by atoms with Gasteiger partial charge >= 0.3 is 0 Å². The summed E-state index contributed by atoms with van der Waals surface area (Å²) in [5, 5.41) is -0.0402. The summed E-state index contributed by atoms with van der Waals surface area (Å²) in [6, 6.07) is 7.09. The molecule has 1 heterocycles. The molecule has 0 spiro atoms. The zero-order valence-corrected chi connectivity index (χ0v) is 14.0. The van der Waals surface area contributed by atoms with Crippen LogP contribution < -0.4 is 0 Å². The minimum atomic E-state index is -0.0402. The first kappa shape index (κ1) is 14.9. The maximum absolute atomic E-state index is 6.41. The van der Waals surface area contributed by atoms with Gasteiger partial charge in [0.1, 0.15) is 5.82 Å². The van der Waals surface area contributed by atoms with Crippen LogP contribution >= 0.6 is 11.6 Å². The fourth-order valence-corrected chi connectivity index (χ4v) is 3.85. The lowest BCUT2D eigenvalue weighted by Gasteiger charge is -2.30. The first-order chi connectivity index (χ1) is 10.1. The number of aryl methyl sites for hydroxylation is 1. The van der Waals surface area contributed by atoms with Crippen molar-refractivity contribution < 1.29 is 0 Å². The Balaban J connectivity index is 2.03. The van der Waals surface area contributed by atoms with Crippen LogP contribution in [0.5, 0.6) is 0 Å². The quantitative estimate of drug-likeness (QED) is 0.657. The van der Waals surface area contributed by atoms with Crippen LogP contribution in [0.15, 0.2) is 18.2 Å². The number of hydrogen-bond acceptors (Lipinski definition) is 1. The van der Waals surface area contributed by atoms with Gasteiger partial charge in [0.05, 0.1) is 16.4 Å². The van der Waals surface area contributed by atoms with Crippen molar-refractivity contribution in [2.75, 3.05) is 0 Å². The van der Waals surface area contributed by atoms with E-state index in [0.717, 1.165) is 17.3 Å². The first-order valence-corrected chi connectivity index (χ1v) is 8.66. The fraction of sp³-hybridized carbons (Fsp3) is 0.611. The summed E-state index contributed by atoms with van der Waals surface area (Å²) in [7, 11) is 0. The van der Waals surface area contributed by atoms with Crippen LogP contribution in [0.3, 0.4) is 0 Å². The second-order valence-corrected chi connectivity index (χ2v) is 7.19. The van der Waals surface area contributed by atoms with E-state index >= 15 is 0 Å². The summed E-state index contributed by atoms with van der Waals surface area (Å²) in [5.41, 5.74) is 3.64. The molecule has 3 heteroatoms. The Morgan fingerprint density at radius 2 is 2.00 bits per heavy atom. The number of alkyl halides is 1. The highest BCUT2D eigenvalue weighted by atomic mass is 35.5. The predicted molar refractivity (Wildman–Crippen MR) is 90.0 cm³/mol. The smallest absolute Gasteiger partial charge is 0.127 e. The molecule has 21 heavy (non-hydrogen) atoms. The molecular formula is C18H25ClN2.